The van der Waals surface area contributed by atoms with Gasteiger partial charge in [0, 0.05) is 51.7 Å². The molecule has 0 saturated carbocycles. The van der Waals surface area contributed by atoms with E-state index in [2.05, 4.69) is 5.32 Å². The molecule has 3 aromatic carbocycles. The van der Waals surface area contributed by atoms with E-state index >= 15 is 0 Å². The highest BCUT2D eigenvalue weighted by Gasteiger charge is 2.18. The van der Waals surface area contributed by atoms with E-state index < -0.39 is 4.92 Å². The Morgan fingerprint density at radius 2 is 1.49 bits per heavy atom. The van der Waals surface area contributed by atoms with Crippen LogP contribution >= 0.6 is 11.8 Å². The maximum atomic E-state index is 12.7. The molecule has 1 amide bonds. The quantitative estimate of drug-likeness (QED) is 0.194. The average Bonchev–Trinajstić information content (AvgIpc) is 3.39. The minimum absolute atomic E-state index is 0.0470. The lowest BCUT2D eigenvalue weighted by molar-refractivity contribution is -0.384. The number of non-ortho nitro benzene ring substituents is 1. The number of hydrogen-bond acceptors (Lipinski definition) is 8. The maximum Gasteiger partial charge on any atom is 0.291 e. The smallest absolute Gasteiger partial charge is 0.291 e. The van der Waals surface area contributed by atoms with Gasteiger partial charge in [0.15, 0.2) is 5.76 Å². The number of carbonyl (C=O) groups is 1. The van der Waals surface area contributed by atoms with Crippen LogP contribution in [0.3, 0.4) is 0 Å². The monoisotopic (exact) mass is 520 g/mol. The summed E-state index contributed by atoms with van der Waals surface area (Å²) >= 11 is 1.46. The molecule has 0 aliphatic carbocycles. The first kappa shape index (κ1) is 25.6. The lowest BCUT2D eigenvalue weighted by Gasteiger charge is -2.14. The van der Waals surface area contributed by atoms with Gasteiger partial charge in [-0.15, -0.1) is 0 Å². The zero-order chi connectivity index (χ0) is 26.4. The molecule has 1 heterocycles. The Labute approximate surface area is 217 Å². The van der Waals surface area contributed by atoms with Crippen LogP contribution in [-0.4, -0.2) is 32.2 Å². The molecule has 0 unspecified atom stereocenters. The Kier molecular flexibility index (Phi) is 7.99. The molecule has 190 valence electrons. The molecular weight excluding hydrogens is 496 g/mol. The Bertz CT molecular complexity index is 1370. The molecule has 0 bridgehead atoms. The third kappa shape index (κ3) is 6.22. The third-order valence-electron chi connectivity index (χ3n) is 5.45. The average molecular weight is 521 g/mol. The third-order valence-corrected chi connectivity index (χ3v) is 6.46. The van der Waals surface area contributed by atoms with Gasteiger partial charge in [-0.25, -0.2) is 0 Å². The number of nitro groups is 1. The van der Waals surface area contributed by atoms with Gasteiger partial charge < -0.3 is 23.9 Å². The van der Waals surface area contributed by atoms with E-state index in [1.165, 1.54) is 23.9 Å². The standard InChI is InChI=1S/C27H24N2O7S/c1-33-20-15-25(34-2)23(26(16-20)35-3)14-19-8-13-24(36-19)27(30)28-17-4-9-21(10-5-17)37-22-11-6-18(7-12-22)29(31)32/h4-13,15-16H,14H2,1-3H3,(H,28,30). The molecule has 0 spiro atoms. The maximum absolute atomic E-state index is 12.7. The highest BCUT2D eigenvalue weighted by Crippen LogP contribution is 2.36. The second-order valence-corrected chi connectivity index (χ2v) is 8.93. The van der Waals surface area contributed by atoms with Crippen LogP contribution in [-0.2, 0) is 6.42 Å². The van der Waals surface area contributed by atoms with Crippen molar-refractivity contribution in [3.05, 3.63) is 100.0 Å². The number of hydrogen-bond donors (Lipinski definition) is 1. The molecule has 0 radical (unpaired) electrons. The molecular formula is C27H24N2O7S. The van der Waals surface area contributed by atoms with E-state index in [0.29, 0.717) is 35.1 Å². The van der Waals surface area contributed by atoms with Gasteiger partial charge in [0.05, 0.1) is 26.3 Å². The topological polar surface area (TPSA) is 113 Å². The number of ether oxygens (including phenoxy) is 3. The first-order chi connectivity index (χ1) is 17.9. The van der Waals surface area contributed by atoms with Gasteiger partial charge in [0.2, 0.25) is 0 Å². The SMILES string of the molecule is COc1cc(OC)c(Cc2ccc(C(=O)Nc3ccc(Sc4ccc([N+](=O)[O-])cc4)cc3)o2)c(OC)c1. The second kappa shape index (κ2) is 11.5. The summed E-state index contributed by atoms with van der Waals surface area (Å²) in [6.07, 6.45) is 0.359. The zero-order valence-electron chi connectivity index (χ0n) is 20.3. The van der Waals surface area contributed by atoms with Crippen molar-refractivity contribution in [2.75, 3.05) is 26.6 Å². The summed E-state index contributed by atoms with van der Waals surface area (Å²) in [5, 5.41) is 13.6. The summed E-state index contributed by atoms with van der Waals surface area (Å²) in [6.45, 7) is 0. The van der Waals surface area contributed by atoms with Crippen molar-refractivity contribution in [1.82, 2.24) is 0 Å². The minimum atomic E-state index is -0.430. The van der Waals surface area contributed by atoms with Gasteiger partial charge in [-0.2, -0.15) is 0 Å². The predicted octanol–water partition coefficient (Wildman–Crippen LogP) is 6.21. The summed E-state index contributed by atoms with van der Waals surface area (Å²) in [5.74, 6) is 2.15. The van der Waals surface area contributed by atoms with Crippen LogP contribution in [0.4, 0.5) is 11.4 Å². The lowest BCUT2D eigenvalue weighted by Crippen LogP contribution is -2.10. The largest absolute Gasteiger partial charge is 0.496 e. The molecule has 0 atom stereocenters. The summed E-state index contributed by atoms with van der Waals surface area (Å²) in [5.41, 5.74) is 1.42. The summed E-state index contributed by atoms with van der Waals surface area (Å²) in [6, 6.07) is 20.5. The van der Waals surface area contributed by atoms with E-state index in [-0.39, 0.29) is 17.4 Å². The molecule has 0 aliphatic heterocycles. The van der Waals surface area contributed by atoms with Crippen molar-refractivity contribution >= 4 is 29.0 Å². The number of furan rings is 1. The van der Waals surface area contributed by atoms with Crippen LogP contribution in [0.2, 0.25) is 0 Å². The number of rotatable bonds is 10. The fourth-order valence-corrected chi connectivity index (χ4v) is 4.41. The molecule has 1 N–H and O–H groups in total. The Morgan fingerprint density at radius 1 is 0.892 bits per heavy atom. The fourth-order valence-electron chi connectivity index (χ4n) is 3.59. The van der Waals surface area contributed by atoms with Crippen LogP contribution in [0, 0.1) is 10.1 Å². The number of carbonyl (C=O) groups excluding carboxylic acids is 1. The number of nitrogens with one attached hydrogen (secondary N) is 1. The number of anilines is 1. The molecule has 9 nitrogen and oxygen atoms in total. The first-order valence-electron chi connectivity index (χ1n) is 11.1. The highest BCUT2D eigenvalue weighted by atomic mass is 32.2. The van der Waals surface area contributed by atoms with Crippen LogP contribution in [0.15, 0.2) is 87.0 Å². The first-order valence-corrected chi connectivity index (χ1v) is 11.9. The summed E-state index contributed by atoms with van der Waals surface area (Å²) in [4.78, 5) is 24.9. The second-order valence-electron chi connectivity index (χ2n) is 7.78. The van der Waals surface area contributed by atoms with Crippen molar-refractivity contribution in [3.63, 3.8) is 0 Å². The molecule has 1 aromatic heterocycles. The number of benzene rings is 3. The van der Waals surface area contributed by atoms with Crippen molar-refractivity contribution < 1.29 is 28.3 Å². The number of amides is 1. The Morgan fingerprint density at radius 3 is 2.03 bits per heavy atom. The van der Waals surface area contributed by atoms with Crippen LogP contribution in [0.5, 0.6) is 17.2 Å². The molecule has 37 heavy (non-hydrogen) atoms. The highest BCUT2D eigenvalue weighted by molar-refractivity contribution is 7.99. The molecule has 4 rings (SSSR count). The molecule has 4 aromatic rings. The van der Waals surface area contributed by atoms with Crippen molar-refractivity contribution in [1.29, 1.82) is 0 Å². The summed E-state index contributed by atoms with van der Waals surface area (Å²) < 4.78 is 22.1. The number of nitro benzene ring substituents is 1. The van der Waals surface area contributed by atoms with Crippen LogP contribution in [0.25, 0.3) is 0 Å². The van der Waals surface area contributed by atoms with E-state index in [0.717, 1.165) is 15.4 Å². The van der Waals surface area contributed by atoms with Gasteiger partial charge in [0.25, 0.3) is 11.6 Å². The van der Waals surface area contributed by atoms with Gasteiger partial charge in [-0.3, -0.25) is 14.9 Å². The zero-order valence-corrected chi connectivity index (χ0v) is 21.2. The normalized spacial score (nSPS) is 10.6. The Hall–Kier alpha value is -4.44. The van der Waals surface area contributed by atoms with Gasteiger partial charge in [0.1, 0.15) is 23.0 Å². The molecule has 0 fully saturated rings. The lowest BCUT2D eigenvalue weighted by atomic mass is 10.1. The molecule has 10 heteroatoms. The predicted molar refractivity (Wildman–Crippen MR) is 139 cm³/mol. The summed E-state index contributed by atoms with van der Waals surface area (Å²) in [7, 11) is 4.69. The number of methoxy groups -OCH3 is 3. The minimum Gasteiger partial charge on any atom is -0.496 e. The van der Waals surface area contributed by atoms with Crippen molar-refractivity contribution in [3.8, 4) is 17.2 Å². The Balaban J connectivity index is 1.40. The van der Waals surface area contributed by atoms with E-state index in [1.54, 1.807) is 69.9 Å². The molecule has 0 saturated heterocycles. The van der Waals surface area contributed by atoms with Gasteiger partial charge in [-0.1, -0.05) is 11.8 Å². The van der Waals surface area contributed by atoms with E-state index in [9.17, 15) is 14.9 Å². The van der Waals surface area contributed by atoms with Gasteiger partial charge in [-0.05, 0) is 48.5 Å². The van der Waals surface area contributed by atoms with E-state index in [4.69, 9.17) is 18.6 Å². The fraction of sp³-hybridized carbons (Fsp3) is 0.148. The van der Waals surface area contributed by atoms with Crippen molar-refractivity contribution in [2.45, 2.75) is 16.2 Å². The van der Waals surface area contributed by atoms with E-state index in [1.807, 2.05) is 12.1 Å². The number of nitrogens with zero attached hydrogens (tertiary/aromatic N) is 1. The van der Waals surface area contributed by atoms with Crippen LogP contribution < -0.4 is 19.5 Å². The van der Waals surface area contributed by atoms with Gasteiger partial charge >= 0.3 is 0 Å². The molecule has 0 aliphatic rings. The van der Waals surface area contributed by atoms with Crippen LogP contribution in [0.1, 0.15) is 21.9 Å². The van der Waals surface area contributed by atoms with Crippen molar-refractivity contribution in [2.24, 2.45) is 0 Å².